The molecule has 2 fully saturated rings. The molecule has 5 nitrogen and oxygen atoms in total. The Balaban J connectivity index is 1.48. The van der Waals surface area contributed by atoms with Gasteiger partial charge < -0.3 is 20.3 Å². The summed E-state index contributed by atoms with van der Waals surface area (Å²) >= 11 is 0. The van der Waals surface area contributed by atoms with Crippen LogP contribution in [0.15, 0.2) is 24.3 Å². The van der Waals surface area contributed by atoms with Crippen LogP contribution in [0, 0.1) is 0 Å². The Bertz CT molecular complexity index is 491. The fourth-order valence-corrected chi connectivity index (χ4v) is 2.75. The number of anilines is 2. The second-order valence-electron chi connectivity index (χ2n) is 6.13. The van der Waals surface area contributed by atoms with Gasteiger partial charge in [-0.15, -0.1) is 0 Å². The van der Waals surface area contributed by atoms with Crippen molar-refractivity contribution in [3.63, 3.8) is 0 Å². The van der Waals surface area contributed by atoms with Crippen LogP contribution in [0.25, 0.3) is 0 Å². The summed E-state index contributed by atoms with van der Waals surface area (Å²) in [7, 11) is 0. The molecule has 0 spiro atoms. The van der Waals surface area contributed by atoms with Crippen LogP contribution < -0.4 is 15.5 Å². The molecular weight excluding hydrogens is 266 g/mol. The van der Waals surface area contributed by atoms with Crippen molar-refractivity contribution in [3.8, 4) is 0 Å². The van der Waals surface area contributed by atoms with Gasteiger partial charge in [-0.2, -0.15) is 0 Å². The van der Waals surface area contributed by atoms with E-state index in [1.54, 1.807) is 0 Å². The quantitative estimate of drug-likeness (QED) is 0.864. The topological polar surface area (TPSA) is 53.6 Å². The zero-order chi connectivity index (χ0) is 14.7. The first-order valence-corrected chi connectivity index (χ1v) is 7.64. The van der Waals surface area contributed by atoms with Crippen molar-refractivity contribution in [2.45, 2.75) is 25.4 Å². The maximum absolute atomic E-state index is 11.9. The summed E-state index contributed by atoms with van der Waals surface area (Å²) in [5, 5.41) is 6.02. The van der Waals surface area contributed by atoms with E-state index in [0.717, 1.165) is 31.9 Å². The molecule has 2 aliphatic heterocycles. The highest BCUT2D eigenvalue weighted by Gasteiger charge is 2.32. The predicted octanol–water partition coefficient (Wildman–Crippen LogP) is 1.60. The number of hydrogen-bond acceptors (Lipinski definition) is 4. The third-order valence-electron chi connectivity index (χ3n) is 4.17. The third kappa shape index (κ3) is 3.54. The Labute approximate surface area is 125 Å². The summed E-state index contributed by atoms with van der Waals surface area (Å²) in [4.78, 5) is 14.2. The van der Waals surface area contributed by atoms with Gasteiger partial charge in [0.15, 0.2) is 0 Å². The van der Waals surface area contributed by atoms with Crippen LogP contribution in [0.4, 0.5) is 11.4 Å². The standard InChI is InChI=1S/C16H23N3O2/c1-16(11-17-12-16)21-10-15(20)18-13-4-6-14(7-5-13)19-8-2-3-9-19/h4-7,17H,2-3,8-12H2,1H3,(H,18,20). The van der Waals surface area contributed by atoms with Crippen LogP contribution in [-0.4, -0.2) is 44.3 Å². The Morgan fingerprint density at radius 1 is 1.29 bits per heavy atom. The van der Waals surface area contributed by atoms with Gasteiger partial charge in [-0.3, -0.25) is 4.79 Å². The first-order valence-electron chi connectivity index (χ1n) is 7.64. The first-order chi connectivity index (χ1) is 10.1. The van der Waals surface area contributed by atoms with E-state index in [1.165, 1.54) is 18.5 Å². The Kier molecular flexibility index (Phi) is 4.12. The van der Waals surface area contributed by atoms with Crippen molar-refractivity contribution in [2.75, 3.05) is 43.0 Å². The van der Waals surface area contributed by atoms with Crippen molar-refractivity contribution in [1.29, 1.82) is 0 Å². The summed E-state index contributed by atoms with van der Waals surface area (Å²) in [6.45, 7) is 6.00. The molecule has 3 rings (SSSR count). The largest absolute Gasteiger partial charge is 0.372 e. The van der Waals surface area contributed by atoms with E-state index < -0.39 is 0 Å². The second-order valence-corrected chi connectivity index (χ2v) is 6.13. The van der Waals surface area contributed by atoms with Gasteiger partial charge >= 0.3 is 0 Å². The van der Waals surface area contributed by atoms with Gasteiger partial charge in [0.25, 0.3) is 0 Å². The molecule has 0 saturated carbocycles. The molecule has 0 bridgehead atoms. The van der Waals surface area contributed by atoms with Gasteiger partial charge in [0, 0.05) is 37.6 Å². The summed E-state index contributed by atoms with van der Waals surface area (Å²) in [6, 6.07) is 8.05. The molecule has 2 N–H and O–H groups in total. The lowest BCUT2D eigenvalue weighted by Gasteiger charge is -2.38. The van der Waals surface area contributed by atoms with Crippen molar-refractivity contribution >= 4 is 17.3 Å². The zero-order valence-electron chi connectivity index (χ0n) is 12.5. The first kappa shape index (κ1) is 14.4. The predicted molar refractivity (Wildman–Crippen MR) is 83.7 cm³/mol. The fraction of sp³-hybridized carbons (Fsp3) is 0.562. The molecule has 1 aromatic carbocycles. The van der Waals surface area contributed by atoms with E-state index in [9.17, 15) is 4.79 Å². The van der Waals surface area contributed by atoms with Crippen molar-refractivity contribution in [3.05, 3.63) is 24.3 Å². The Morgan fingerprint density at radius 2 is 1.95 bits per heavy atom. The Morgan fingerprint density at radius 3 is 2.52 bits per heavy atom. The lowest BCUT2D eigenvalue weighted by Crippen LogP contribution is -2.59. The molecule has 0 aliphatic carbocycles. The number of nitrogens with one attached hydrogen (secondary N) is 2. The lowest BCUT2D eigenvalue weighted by atomic mass is 10.0. The zero-order valence-corrected chi connectivity index (χ0v) is 12.5. The average Bonchev–Trinajstić information content (AvgIpc) is 2.98. The third-order valence-corrected chi connectivity index (χ3v) is 4.17. The van der Waals surface area contributed by atoms with Gasteiger partial charge in [0.05, 0.1) is 5.60 Å². The maximum Gasteiger partial charge on any atom is 0.250 e. The molecule has 114 valence electrons. The summed E-state index contributed by atoms with van der Waals surface area (Å²) in [6.07, 6.45) is 2.53. The van der Waals surface area contributed by atoms with Crippen molar-refractivity contribution in [1.82, 2.24) is 5.32 Å². The van der Waals surface area contributed by atoms with Crippen molar-refractivity contribution in [2.24, 2.45) is 0 Å². The highest BCUT2D eigenvalue weighted by molar-refractivity contribution is 5.91. The fourth-order valence-electron chi connectivity index (χ4n) is 2.75. The van der Waals surface area contributed by atoms with E-state index in [-0.39, 0.29) is 18.1 Å². The number of amides is 1. The Hall–Kier alpha value is -1.59. The number of carbonyl (C=O) groups is 1. The molecule has 0 aromatic heterocycles. The van der Waals surface area contributed by atoms with Gasteiger partial charge in [-0.1, -0.05) is 0 Å². The van der Waals surface area contributed by atoms with Gasteiger partial charge in [0.1, 0.15) is 6.61 Å². The highest BCUT2D eigenvalue weighted by atomic mass is 16.5. The van der Waals surface area contributed by atoms with Crippen LogP contribution in [0.3, 0.4) is 0 Å². The number of carbonyl (C=O) groups excluding carboxylic acids is 1. The number of nitrogens with zero attached hydrogens (tertiary/aromatic N) is 1. The van der Waals surface area contributed by atoms with Crippen LogP contribution in [-0.2, 0) is 9.53 Å². The molecule has 0 radical (unpaired) electrons. The summed E-state index contributed by atoms with van der Waals surface area (Å²) in [5.41, 5.74) is 1.87. The van der Waals surface area contributed by atoms with E-state index in [1.807, 2.05) is 19.1 Å². The van der Waals surface area contributed by atoms with Crippen molar-refractivity contribution < 1.29 is 9.53 Å². The lowest BCUT2D eigenvalue weighted by molar-refractivity contribution is -0.130. The van der Waals surface area contributed by atoms with Crippen LogP contribution >= 0.6 is 0 Å². The summed E-state index contributed by atoms with van der Waals surface area (Å²) < 4.78 is 5.62. The number of hydrogen-bond donors (Lipinski definition) is 2. The molecule has 5 heteroatoms. The SMILES string of the molecule is CC1(OCC(=O)Nc2ccc(N3CCCC3)cc2)CNC1. The van der Waals surface area contributed by atoms with Gasteiger partial charge in [-0.05, 0) is 44.0 Å². The minimum atomic E-state index is -0.184. The molecular formula is C16H23N3O2. The molecule has 2 aliphatic rings. The van der Waals surface area contributed by atoms with E-state index >= 15 is 0 Å². The van der Waals surface area contributed by atoms with Crippen LogP contribution in [0.1, 0.15) is 19.8 Å². The molecule has 1 amide bonds. The number of rotatable bonds is 5. The molecule has 1 aromatic rings. The molecule has 2 saturated heterocycles. The van der Waals surface area contributed by atoms with Crippen LogP contribution in [0.5, 0.6) is 0 Å². The maximum atomic E-state index is 11.9. The van der Waals surface area contributed by atoms with E-state index in [2.05, 4.69) is 27.7 Å². The second kappa shape index (κ2) is 6.03. The molecule has 2 heterocycles. The van der Waals surface area contributed by atoms with E-state index in [0.29, 0.717) is 0 Å². The number of benzene rings is 1. The number of ether oxygens (including phenoxy) is 1. The summed E-state index contributed by atoms with van der Waals surface area (Å²) in [5.74, 6) is -0.1000. The smallest absolute Gasteiger partial charge is 0.250 e. The minimum absolute atomic E-state index is 0.1000. The highest BCUT2D eigenvalue weighted by Crippen LogP contribution is 2.22. The monoisotopic (exact) mass is 289 g/mol. The minimum Gasteiger partial charge on any atom is -0.372 e. The molecule has 0 atom stereocenters. The molecule has 21 heavy (non-hydrogen) atoms. The molecule has 0 unspecified atom stereocenters. The van der Waals surface area contributed by atoms with Crippen LogP contribution in [0.2, 0.25) is 0 Å². The normalized spacial score (nSPS) is 20.1. The van der Waals surface area contributed by atoms with Gasteiger partial charge in [-0.25, -0.2) is 0 Å². The van der Waals surface area contributed by atoms with Gasteiger partial charge in [0.2, 0.25) is 5.91 Å². The average molecular weight is 289 g/mol. The van der Waals surface area contributed by atoms with E-state index in [4.69, 9.17) is 4.74 Å².